The van der Waals surface area contributed by atoms with Gasteiger partial charge in [-0.3, -0.25) is 9.89 Å². The molecule has 4 nitrogen and oxygen atoms in total. The number of nitrogens with one attached hydrogen (secondary N) is 2. The predicted octanol–water partition coefficient (Wildman–Crippen LogP) is 1.95. The molecule has 1 amide bonds. The second-order valence-corrected chi connectivity index (χ2v) is 4.05. The van der Waals surface area contributed by atoms with E-state index in [1.807, 2.05) is 30.3 Å². The molecule has 0 aliphatic heterocycles. The van der Waals surface area contributed by atoms with Crippen molar-refractivity contribution in [3.8, 4) is 23.1 Å². The zero-order valence-electron chi connectivity index (χ0n) is 10.7. The van der Waals surface area contributed by atoms with Gasteiger partial charge in [0.15, 0.2) is 0 Å². The molecule has 1 aromatic carbocycles. The molecule has 2 rings (SSSR count). The highest BCUT2D eigenvalue weighted by Crippen LogP contribution is 2.20. The largest absolute Gasteiger partial charge is 0.355 e. The third-order valence-electron chi connectivity index (χ3n) is 2.56. The molecule has 4 heteroatoms. The SMILES string of the molecule is CC(=O)NCCC#Cc1ccccc1-c1ccn[nH]1. The summed E-state index contributed by atoms with van der Waals surface area (Å²) in [5.41, 5.74) is 2.94. The third-order valence-corrected chi connectivity index (χ3v) is 2.56. The second kappa shape index (κ2) is 6.41. The van der Waals surface area contributed by atoms with Gasteiger partial charge in [-0.2, -0.15) is 5.10 Å². The Hall–Kier alpha value is -2.54. The van der Waals surface area contributed by atoms with Crippen molar-refractivity contribution < 1.29 is 4.79 Å². The monoisotopic (exact) mass is 253 g/mol. The lowest BCUT2D eigenvalue weighted by molar-refractivity contribution is -0.118. The van der Waals surface area contributed by atoms with E-state index in [0.717, 1.165) is 16.8 Å². The zero-order chi connectivity index (χ0) is 13.5. The molecule has 96 valence electrons. The molecular weight excluding hydrogens is 238 g/mol. The normalized spacial score (nSPS) is 9.53. The van der Waals surface area contributed by atoms with Crippen LogP contribution in [0.15, 0.2) is 36.5 Å². The molecule has 0 unspecified atom stereocenters. The van der Waals surface area contributed by atoms with Crippen LogP contribution < -0.4 is 5.32 Å². The first kappa shape index (κ1) is 12.9. The number of carbonyl (C=O) groups is 1. The highest BCUT2D eigenvalue weighted by atomic mass is 16.1. The molecule has 0 bridgehead atoms. The van der Waals surface area contributed by atoms with Gasteiger partial charge in [-0.1, -0.05) is 30.0 Å². The van der Waals surface area contributed by atoms with Gasteiger partial charge in [-0.25, -0.2) is 0 Å². The number of rotatable bonds is 3. The average Bonchev–Trinajstić information content (AvgIpc) is 2.92. The Morgan fingerprint density at radius 2 is 2.21 bits per heavy atom. The minimum Gasteiger partial charge on any atom is -0.355 e. The van der Waals surface area contributed by atoms with Crippen LogP contribution in [0.3, 0.4) is 0 Å². The molecule has 0 saturated heterocycles. The van der Waals surface area contributed by atoms with Crippen LogP contribution in [-0.2, 0) is 4.79 Å². The molecule has 0 aliphatic carbocycles. The lowest BCUT2D eigenvalue weighted by Crippen LogP contribution is -2.20. The molecule has 0 radical (unpaired) electrons. The Labute approximate surface area is 112 Å². The molecule has 0 fully saturated rings. The highest BCUT2D eigenvalue weighted by molar-refractivity contribution is 5.72. The standard InChI is InChI=1S/C15H15N3O/c1-12(19)16-10-5-4-7-13-6-2-3-8-14(13)15-9-11-17-18-15/h2-3,6,8-9,11H,5,10H2,1H3,(H,16,19)(H,17,18). The summed E-state index contributed by atoms with van der Waals surface area (Å²) >= 11 is 0. The van der Waals surface area contributed by atoms with Crippen LogP contribution in [-0.4, -0.2) is 22.6 Å². The van der Waals surface area contributed by atoms with E-state index in [9.17, 15) is 4.79 Å². The number of H-pyrrole nitrogens is 1. The lowest BCUT2D eigenvalue weighted by atomic mass is 10.1. The van der Waals surface area contributed by atoms with E-state index >= 15 is 0 Å². The quantitative estimate of drug-likeness (QED) is 0.649. The molecule has 0 spiro atoms. The first-order valence-corrected chi connectivity index (χ1v) is 6.09. The topological polar surface area (TPSA) is 57.8 Å². The van der Waals surface area contributed by atoms with Gasteiger partial charge < -0.3 is 5.32 Å². The van der Waals surface area contributed by atoms with Crippen LogP contribution in [0.5, 0.6) is 0 Å². The number of nitrogens with zero attached hydrogens (tertiary/aromatic N) is 1. The van der Waals surface area contributed by atoms with Gasteiger partial charge in [0.25, 0.3) is 0 Å². The first-order chi connectivity index (χ1) is 9.27. The van der Waals surface area contributed by atoms with Crippen LogP contribution in [0, 0.1) is 11.8 Å². The summed E-state index contributed by atoms with van der Waals surface area (Å²) in [6.45, 7) is 2.08. The molecule has 2 aromatic rings. The number of hydrogen-bond acceptors (Lipinski definition) is 2. The van der Waals surface area contributed by atoms with Crippen LogP contribution >= 0.6 is 0 Å². The van der Waals surface area contributed by atoms with E-state index in [1.165, 1.54) is 6.92 Å². The van der Waals surface area contributed by atoms with Gasteiger partial charge in [0.1, 0.15) is 0 Å². The summed E-state index contributed by atoms with van der Waals surface area (Å²) in [6, 6.07) is 9.82. The van der Waals surface area contributed by atoms with Crippen LogP contribution in [0.1, 0.15) is 18.9 Å². The van der Waals surface area contributed by atoms with Crippen molar-refractivity contribution in [3.05, 3.63) is 42.1 Å². The van der Waals surface area contributed by atoms with Crippen molar-refractivity contribution in [2.24, 2.45) is 0 Å². The number of carbonyl (C=O) groups excluding carboxylic acids is 1. The van der Waals surface area contributed by atoms with E-state index in [-0.39, 0.29) is 5.91 Å². The van der Waals surface area contributed by atoms with Crippen molar-refractivity contribution in [1.82, 2.24) is 15.5 Å². The van der Waals surface area contributed by atoms with Crippen molar-refractivity contribution in [2.45, 2.75) is 13.3 Å². The van der Waals surface area contributed by atoms with Crippen LogP contribution in [0.4, 0.5) is 0 Å². The average molecular weight is 253 g/mol. The molecule has 1 heterocycles. The lowest BCUT2D eigenvalue weighted by Gasteiger charge is -2.00. The van der Waals surface area contributed by atoms with Gasteiger partial charge in [-0.05, 0) is 12.1 Å². The number of hydrogen-bond donors (Lipinski definition) is 2. The number of amides is 1. The Morgan fingerprint density at radius 1 is 1.37 bits per heavy atom. The molecule has 0 aliphatic rings. The second-order valence-electron chi connectivity index (χ2n) is 4.05. The number of aromatic amines is 1. The molecule has 0 atom stereocenters. The summed E-state index contributed by atoms with van der Waals surface area (Å²) in [7, 11) is 0. The Bertz CT molecular complexity index is 606. The minimum absolute atomic E-state index is 0.0281. The third kappa shape index (κ3) is 3.71. The van der Waals surface area contributed by atoms with Gasteiger partial charge in [-0.15, -0.1) is 0 Å². The molecule has 0 saturated carbocycles. The Kier molecular flexibility index (Phi) is 4.35. The van der Waals surface area contributed by atoms with E-state index in [0.29, 0.717) is 13.0 Å². The van der Waals surface area contributed by atoms with Crippen molar-refractivity contribution in [3.63, 3.8) is 0 Å². The summed E-state index contributed by atoms with van der Waals surface area (Å²) in [6.07, 6.45) is 2.35. The Morgan fingerprint density at radius 3 is 2.95 bits per heavy atom. The highest BCUT2D eigenvalue weighted by Gasteiger charge is 2.02. The fraction of sp³-hybridized carbons (Fsp3) is 0.200. The maximum absolute atomic E-state index is 10.7. The zero-order valence-corrected chi connectivity index (χ0v) is 10.7. The van der Waals surface area contributed by atoms with E-state index in [2.05, 4.69) is 27.4 Å². The van der Waals surface area contributed by atoms with Crippen LogP contribution in [0.2, 0.25) is 0 Å². The van der Waals surface area contributed by atoms with E-state index < -0.39 is 0 Å². The first-order valence-electron chi connectivity index (χ1n) is 6.09. The van der Waals surface area contributed by atoms with Gasteiger partial charge in [0, 0.05) is 37.2 Å². The van der Waals surface area contributed by atoms with Crippen molar-refractivity contribution in [2.75, 3.05) is 6.54 Å². The summed E-state index contributed by atoms with van der Waals surface area (Å²) in [4.78, 5) is 10.7. The Balaban J connectivity index is 2.09. The molecule has 2 N–H and O–H groups in total. The van der Waals surface area contributed by atoms with Crippen molar-refractivity contribution in [1.29, 1.82) is 0 Å². The van der Waals surface area contributed by atoms with Crippen molar-refractivity contribution >= 4 is 5.91 Å². The number of benzene rings is 1. The van der Waals surface area contributed by atoms with E-state index in [1.54, 1.807) is 6.20 Å². The van der Waals surface area contributed by atoms with E-state index in [4.69, 9.17) is 0 Å². The minimum atomic E-state index is -0.0281. The van der Waals surface area contributed by atoms with Gasteiger partial charge in [0.2, 0.25) is 5.91 Å². The smallest absolute Gasteiger partial charge is 0.216 e. The maximum atomic E-state index is 10.7. The maximum Gasteiger partial charge on any atom is 0.216 e. The summed E-state index contributed by atoms with van der Waals surface area (Å²) < 4.78 is 0. The summed E-state index contributed by atoms with van der Waals surface area (Å²) in [5, 5.41) is 9.60. The fourth-order valence-electron chi connectivity index (χ4n) is 1.69. The fourth-order valence-corrected chi connectivity index (χ4v) is 1.69. The van der Waals surface area contributed by atoms with Gasteiger partial charge >= 0.3 is 0 Å². The molecule has 19 heavy (non-hydrogen) atoms. The number of aromatic nitrogens is 2. The molecule has 1 aromatic heterocycles. The molecular formula is C15H15N3O. The summed E-state index contributed by atoms with van der Waals surface area (Å²) in [5.74, 6) is 6.16. The van der Waals surface area contributed by atoms with Gasteiger partial charge in [0.05, 0.1) is 5.69 Å². The predicted molar refractivity (Wildman–Crippen MR) is 74.2 cm³/mol. The van der Waals surface area contributed by atoms with Crippen LogP contribution in [0.25, 0.3) is 11.3 Å².